The molecule has 2 aliphatic heterocycles. The summed E-state index contributed by atoms with van der Waals surface area (Å²) in [5.41, 5.74) is 0.877. The maximum Gasteiger partial charge on any atom is 0.410 e. The predicted molar refractivity (Wildman–Crippen MR) is 88.8 cm³/mol. The summed E-state index contributed by atoms with van der Waals surface area (Å²) in [6.07, 6.45) is 1.23. The standard InChI is InChI=1S/C16H23N3O4S/c1-15(2,3)23-14(22)19-8-16(9-19)7-18(5-11(16)6-20)13(21)12-4-17-10-24-12/h4,10-11,20H,5-9H2,1-3H3/t11-/m0/s1. The Morgan fingerprint density at radius 1 is 1.38 bits per heavy atom. The topological polar surface area (TPSA) is 83.0 Å². The lowest BCUT2D eigenvalue weighted by atomic mass is 9.72. The van der Waals surface area contributed by atoms with E-state index in [1.165, 1.54) is 11.3 Å². The molecule has 3 heterocycles. The molecule has 0 saturated carbocycles. The molecule has 132 valence electrons. The second kappa shape index (κ2) is 6.00. The number of carbonyl (C=O) groups is 2. The molecule has 0 aliphatic carbocycles. The van der Waals surface area contributed by atoms with Gasteiger partial charge in [-0.25, -0.2) is 4.79 Å². The summed E-state index contributed by atoms with van der Waals surface area (Å²) >= 11 is 1.31. The summed E-state index contributed by atoms with van der Waals surface area (Å²) in [7, 11) is 0. The van der Waals surface area contributed by atoms with E-state index in [-0.39, 0.29) is 29.9 Å². The molecule has 2 aliphatic rings. The minimum Gasteiger partial charge on any atom is -0.444 e. The van der Waals surface area contributed by atoms with E-state index >= 15 is 0 Å². The average Bonchev–Trinajstić information content (AvgIpc) is 3.10. The molecule has 1 aromatic heterocycles. The van der Waals surface area contributed by atoms with Crippen molar-refractivity contribution in [1.82, 2.24) is 14.8 Å². The highest BCUT2D eigenvalue weighted by molar-refractivity contribution is 7.11. The average molecular weight is 353 g/mol. The Balaban J connectivity index is 1.64. The SMILES string of the molecule is CC(C)(C)OC(=O)N1CC2(C1)CN(C(=O)c1cncs1)C[C@H]2CO. The lowest BCUT2D eigenvalue weighted by molar-refractivity contribution is -0.0526. The zero-order valence-corrected chi connectivity index (χ0v) is 15.0. The number of nitrogens with zero attached hydrogens (tertiary/aromatic N) is 3. The molecule has 2 fully saturated rings. The van der Waals surface area contributed by atoms with Crippen LogP contribution >= 0.6 is 11.3 Å². The van der Waals surface area contributed by atoms with Gasteiger partial charge in [0.1, 0.15) is 10.5 Å². The molecule has 0 aromatic carbocycles. The highest BCUT2D eigenvalue weighted by atomic mass is 32.1. The molecule has 24 heavy (non-hydrogen) atoms. The highest BCUT2D eigenvalue weighted by Gasteiger charge is 2.56. The molecule has 0 unspecified atom stereocenters. The van der Waals surface area contributed by atoms with Crippen LogP contribution in [0.1, 0.15) is 30.4 Å². The van der Waals surface area contributed by atoms with Crippen LogP contribution in [0.3, 0.4) is 0 Å². The molecule has 8 heteroatoms. The Morgan fingerprint density at radius 3 is 2.58 bits per heavy atom. The van der Waals surface area contributed by atoms with Gasteiger partial charge in [-0.2, -0.15) is 0 Å². The third-order valence-corrected chi connectivity index (χ3v) is 5.39. The Hall–Kier alpha value is -1.67. The lowest BCUT2D eigenvalue weighted by Gasteiger charge is -2.50. The lowest BCUT2D eigenvalue weighted by Crippen LogP contribution is -2.63. The number of aliphatic hydroxyl groups is 1. The zero-order chi connectivity index (χ0) is 17.5. The molecular formula is C16H23N3O4S. The summed E-state index contributed by atoms with van der Waals surface area (Å²) in [6, 6.07) is 0. The quantitative estimate of drug-likeness (QED) is 0.870. The van der Waals surface area contributed by atoms with Crippen LogP contribution in [0.2, 0.25) is 0 Å². The van der Waals surface area contributed by atoms with Gasteiger partial charge < -0.3 is 19.6 Å². The Bertz CT molecular complexity index is 620. The fraction of sp³-hybridized carbons (Fsp3) is 0.688. The second-order valence-corrected chi connectivity index (χ2v) is 8.52. The minimum absolute atomic E-state index is 0.00856. The molecule has 1 N–H and O–H groups in total. The molecule has 1 aromatic rings. The zero-order valence-electron chi connectivity index (χ0n) is 14.2. The fourth-order valence-corrected chi connectivity index (χ4v) is 4.03. The van der Waals surface area contributed by atoms with Crippen LogP contribution in [-0.4, -0.2) is 70.3 Å². The Labute approximate surface area is 145 Å². The van der Waals surface area contributed by atoms with Crippen LogP contribution in [-0.2, 0) is 4.74 Å². The van der Waals surface area contributed by atoms with Crippen LogP contribution in [0.25, 0.3) is 0 Å². The monoisotopic (exact) mass is 353 g/mol. The van der Waals surface area contributed by atoms with Crippen molar-refractivity contribution in [2.75, 3.05) is 32.8 Å². The molecule has 0 radical (unpaired) electrons. The van der Waals surface area contributed by atoms with Crippen molar-refractivity contribution < 1.29 is 19.4 Å². The maximum absolute atomic E-state index is 12.5. The number of rotatable bonds is 2. The van der Waals surface area contributed by atoms with Crippen molar-refractivity contribution in [3.63, 3.8) is 0 Å². The second-order valence-electron chi connectivity index (χ2n) is 7.63. The molecule has 2 saturated heterocycles. The molecule has 0 bridgehead atoms. The number of aromatic nitrogens is 1. The molecule has 1 spiro atoms. The van der Waals surface area contributed by atoms with E-state index in [0.29, 0.717) is 31.1 Å². The van der Waals surface area contributed by atoms with Crippen molar-refractivity contribution in [3.8, 4) is 0 Å². The largest absolute Gasteiger partial charge is 0.444 e. The van der Waals surface area contributed by atoms with E-state index < -0.39 is 5.60 Å². The van der Waals surface area contributed by atoms with Gasteiger partial charge in [-0.3, -0.25) is 9.78 Å². The van der Waals surface area contributed by atoms with Crippen molar-refractivity contribution in [3.05, 3.63) is 16.6 Å². The fourth-order valence-electron chi connectivity index (χ4n) is 3.44. The first-order valence-electron chi connectivity index (χ1n) is 8.01. The highest BCUT2D eigenvalue weighted by Crippen LogP contribution is 2.44. The van der Waals surface area contributed by atoms with Gasteiger partial charge in [-0.1, -0.05) is 0 Å². The normalized spacial score (nSPS) is 22.6. The third-order valence-electron chi connectivity index (χ3n) is 4.63. The first-order chi connectivity index (χ1) is 11.2. The molecule has 3 rings (SSSR count). The maximum atomic E-state index is 12.5. The molecule has 2 amide bonds. The van der Waals surface area contributed by atoms with Gasteiger partial charge in [0.05, 0.1) is 11.7 Å². The van der Waals surface area contributed by atoms with Gasteiger partial charge >= 0.3 is 6.09 Å². The van der Waals surface area contributed by atoms with Gasteiger partial charge in [0, 0.05) is 44.1 Å². The van der Waals surface area contributed by atoms with Gasteiger partial charge in [0.2, 0.25) is 0 Å². The Morgan fingerprint density at radius 2 is 2.04 bits per heavy atom. The summed E-state index contributed by atoms with van der Waals surface area (Å²) < 4.78 is 5.38. The summed E-state index contributed by atoms with van der Waals surface area (Å²) in [5, 5.41) is 9.73. The van der Waals surface area contributed by atoms with Crippen LogP contribution in [0.5, 0.6) is 0 Å². The number of likely N-dealkylation sites (tertiary alicyclic amines) is 2. The van der Waals surface area contributed by atoms with E-state index in [1.807, 2.05) is 20.8 Å². The smallest absolute Gasteiger partial charge is 0.410 e. The number of carbonyl (C=O) groups excluding carboxylic acids is 2. The number of hydrogen-bond acceptors (Lipinski definition) is 6. The van der Waals surface area contributed by atoms with Crippen molar-refractivity contribution in [1.29, 1.82) is 0 Å². The van der Waals surface area contributed by atoms with E-state index in [2.05, 4.69) is 4.98 Å². The summed E-state index contributed by atoms with van der Waals surface area (Å²) in [5.74, 6) is -0.0726. The van der Waals surface area contributed by atoms with E-state index in [1.54, 1.807) is 21.5 Å². The van der Waals surface area contributed by atoms with Crippen molar-refractivity contribution in [2.45, 2.75) is 26.4 Å². The van der Waals surface area contributed by atoms with E-state index in [9.17, 15) is 14.7 Å². The van der Waals surface area contributed by atoms with Crippen LogP contribution in [0.4, 0.5) is 4.79 Å². The molecule has 1 atom stereocenters. The first-order valence-corrected chi connectivity index (χ1v) is 8.89. The number of aliphatic hydroxyl groups excluding tert-OH is 1. The third kappa shape index (κ3) is 3.12. The van der Waals surface area contributed by atoms with Gasteiger partial charge in [-0.05, 0) is 20.8 Å². The van der Waals surface area contributed by atoms with Crippen molar-refractivity contribution >= 4 is 23.3 Å². The summed E-state index contributed by atoms with van der Waals surface area (Å²) in [4.78, 5) is 32.6. The Kier molecular flexibility index (Phi) is 4.29. The number of amides is 2. The number of thiazole rings is 1. The minimum atomic E-state index is -0.528. The van der Waals surface area contributed by atoms with Gasteiger partial charge in [-0.15, -0.1) is 11.3 Å². The van der Waals surface area contributed by atoms with Crippen molar-refractivity contribution in [2.24, 2.45) is 11.3 Å². The van der Waals surface area contributed by atoms with Crippen LogP contribution < -0.4 is 0 Å². The van der Waals surface area contributed by atoms with Gasteiger partial charge in [0.25, 0.3) is 5.91 Å². The first kappa shape index (κ1) is 17.2. The van der Waals surface area contributed by atoms with Crippen LogP contribution in [0.15, 0.2) is 11.7 Å². The van der Waals surface area contributed by atoms with E-state index in [0.717, 1.165) is 0 Å². The predicted octanol–water partition coefficient (Wildman–Crippen LogP) is 1.44. The van der Waals surface area contributed by atoms with Gasteiger partial charge in [0.15, 0.2) is 0 Å². The molecule has 7 nitrogen and oxygen atoms in total. The van der Waals surface area contributed by atoms with Crippen LogP contribution in [0, 0.1) is 11.3 Å². The number of hydrogen-bond donors (Lipinski definition) is 1. The number of ether oxygens (including phenoxy) is 1. The summed E-state index contributed by atoms with van der Waals surface area (Å²) in [6.45, 7) is 7.60. The molecular weight excluding hydrogens is 330 g/mol. The van der Waals surface area contributed by atoms with E-state index in [4.69, 9.17) is 4.74 Å².